The van der Waals surface area contributed by atoms with Gasteiger partial charge in [0.2, 0.25) is 0 Å². The Labute approximate surface area is 201 Å². The normalized spacial score (nSPS) is 11.6. The third kappa shape index (κ3) is 3.08. The number of hydrogen-bond donors (Lipinski definition) is 4. The Kier molecular flexibility index (Phi) is 4.28. The van der Waals surface area contributed by atoms with Crippen molar-refractivity contribution in [2.45, 2.75) is 0 Å². The smallest absolute Gasteiger partial charge is 0.257 e. The third-order valence-electron chi connectivity index (χ3n) is 6.38. The molecule has 36 heavy (non-hydrogen) atoms. The summed E-state index contributed by atoms with van der Waals surface area (Å²) < 4.78 is 0. The van der Waals surface area contributed by atoms with Gasteiger partial charge in [-0.15, -0.1) is 0 Å². The van der Waals surface area contributed by atoms with Crippen molar-refractivity contribution < 1.29 is 0 Å². The van der Waals surface area contributed by atoms with Crippen molar-refractivity contribution in [3.05, 3.63) is 106 Å². The van der Waals surface area contributed by atoms with E-state index in [4.69, 9.17) is 9.97 Å². The molecule has 0 radical (unpaired) electrons. The molecule has 0 saturated carbocycles. The molecule has 0 unspecified atom stereocenters. The number of H-pyrrole nitrogens is 4. The van der Waals surface area contributed by atoms with Gasteiger partial charge in [0.1, 0.15) is 22.3 Å². The number of nitrogens with one attached hydrogen (secondary N) is 4. The van der Waals surface area contributed by atoms with E-state index in [1.807, 2.05) is 72.8 Å². The Morgan fingerprint density at radius 1 is 0.417 bits per heavy atom. The van der Waals surface area contributed by atoms with E-state index in [9.17, 15) is 9.59 Å². The topological polar surface area (TPSA) is 123 Å². The summed E-state index contributed by atoms with van der Waals surface area (Å²) in [6, 6.07) is 25.7. The summed E-state index contributed by atoms with van der Waals surface area (Å²) in [5.74, 6) is 0. The molecule has 0 atom stereocenters. The van der Waals surface area contributed by atoms with Crippen molar-refractivity contribution in [3.63, 3.8) is 0 Å². The minimum atomic E-state index is -0.281. The molecule has 8 nitrogen and oxygen atoms in total. The quantitative estimate of drug-likeness (QED) is 0.246. The maximum absolute atomic E-state index is 13.5. The molecule has 8 heteroatoms. The predicted octanol–water partition coefficient (Wildman–Crippen LogP) is 5.12. The molecule has 0 spiro atoms. The second-order valence-corrected chi connectivity index (χ2v) is 8.57. The molecule has 7 aromatic rings. The van der Waals surface area contributed by atoms with Crippen molar-refractivity contribution in [1.29, 1.82) is 0 Å². The van der Waals surface area contributed by atoms with Crippen LogP contribution in [0.15, 0.2) is 94.5 Å². The van der Waals surface area contributed by atoms with Crippen LogP contribution in [-0.4, -0.2) is 29.9 Å². The van der Waals surface area contributed by atoms with Gasteiger partial charge in [-0.25, -0.2) is 9.97 Å². The highest BCUT2D eigenvalue weighted by Crippen LogP contribution is 2.22. The van der Waals surface area contributed by atoms with E-state index in [0.29, 0.717) is 54.9 Å². The Hall–Kier alpha value is -5.24. The first-order valence-electron chi connectivity index (χ1n) is 11.4. The van der Waals surface area contributed by atoms with Crippen molar-refractivity contribution in [2.24, 2.45) is 0 Å². The van der Waals surface area contributed by atoms with Gasteiger partial charge < -0.3 is 19.9 Å². The van der Waals surface area contributed by atoms with E-state index >= 15 is 0 Å². The fourth-order valence-corrected chi connectivity index (χ4v) is 4.66. The van der Waals surface area contributed by atoms with Crippen LogP contribution in [0.25, 0.3) is 65.9 Å². The summed E-state index contributed by atoms with van der Waals surface area (Å²) in [7, 11) is 0. The molecule has 0 fully saturated rings. The Morgan fingerprint density at radius 2 is 0.806 bits per heavy atom. The molecule has 0 saturated heterocycles. The van der Waals surface area contributed by atoms with E-state index in [2.05, 4.69) is 19.9 Å². The Balaban J connectivity index is 1.81. The van der Waals surface area contributed by atoms with Crippen LogP contribution in [0.1, 0.15) is 0 Å². The van der Waals surface area contributed by atoms with Crippen LogP contribution in [0, 0.1) is 0 Å². The lowest BCUT2D eigenvalue weighted by Gasteiger charge is -1.94. The second-order valence-electron chi connectivity index (χ2n) is 8.57. The van der Waals surface area contributed by atoms with Gasteiger partial charge >= 0.3 is 0 Å². The van der Waals surface area contributed by atoms with Gasteiger partial charge in [0, 0.05) is 10.8 Å². The maximum Gasteiger partial charge on any atom is 0.257 e. The van der Waals surface area contributed by atoms with Crippen LogP contribution in [0.5, 0.6) is 0 Å². The molecule has 0 aliphatic heterocycles. The lowest BCUT2D eigenvalue weighted by molar-refractivity contribution is 1.34. The van der Waals surface area contributed by atoms with Crippen molar-refractivity contribution in [3.8, 4) is 0 Å². The molecule has 7 rings (SSSR count). The highest BCUT2D eigenvalue weighted by Gasteiger charge is 2.08. The molecule has 4 bridgehead atoms. The fraction of sp³-hybridized carbons (Fsp3) is 0. The average molecular weight is 470 g/mol. The zero-order valence-electron chi connectivity index (χ0n) is 18.8. The molecule has 4 N–H and O–H groups in total. The van der Waals surface area contributed by atoms with E-state index in [-0.39, 0.29) is 11.1 Å². The molecule has 3 aromatic heterocycles. The van der Waals surface area contributed by atoms with Crippen molar-refractivity contribution in [2.75, 3.05) is 0 Å². The zero-order valence-corrected chi connectivity index (χ0v) is 18.8. The largest absolute Gasteiger partial charge is 0.338 e. The van der Waals surface area contributed by atoms with Crippen LogP contribution in [0.3, 0.4) is 0 Å². The minimum Gasteiger partial charge on any atom is -0.338 e. The zero-order chi connectivity index (χ0) is 24.2. The number of fused-ring (bicyclic) bond motifs is 6. The summed E-state index contributed by atoms with van der Waals surface area (Å²) in [6.45, 7) is 0. The standard InChI is InChI=1S/C28H18N6O2/c35-27-18-10-6-14-22-24(18)34-26(30-22)16-8-2-4-12-20(16)32-28(36)17-9-5-13-21-23(17)33-25(29-21)15-7-1-3-11-19(15)31-27/h1-14H,(H,29,33)(H,30,34)(H,31,35)(H,32,36). The van der Waals surface area contributed by atoms with Crippen LogP contribution in [0.2, 0.25) is 0 Å². The van der Waals surface area contributed by atoms with Crippen LogP contribution >= 0.6 is 0 Å². The highest BCUT2D eigenvalue weighted by atomic mass is 16.1. The summed E-state index contributed by atoms with van der Waals surface area (Å²) >= 11 is 0. The Bertz CT molecular complexity index is 2060. The SMILES string of the molecule is O=c1[nH]c2ccccc2c2nc3c(cccc3c(=O)[nH]c3ccccc3c3nc4c(cccc14)[nH]3)[nH]2. The number of imidazole rings is 2. The second kappa shape index (κ2) is 7.64. The number of hydrogen-bond acceptors (Lipinski definition) is 4. The highest BCUT2D eigenvalue weighted by molar-refractivity contribution is 6.01. The van der Waals surface area contributed by atoms with Crippen molar-refractivity contribution >= 4 is 65.9 Å². The summed E-state index contributed by atoms with van der Waals surface area (Å²) in [5, 5.41) is 2.29. The summed E-state index contributed by atoms with van der Waals surface area (Å²) in [5.41, 5.74) is 4.25. The van der Waals surface area contributed by atoms with Gasteiger partial charge in [-0.1, -0.05) is 36.4 Å². The summed E-state index contributed by atoms with van der Waals surface area (Å²) in [4.78, 5) is 49.1. The number of benzene rings is 4. The van der Waals surface area contributed by atoms with Gasteiger partial charge in [0.05, 0.1) is 32.8 Å². The molecule has 172 valence electrons. The van der Waals surface area contributed by atoms with E-state index in [0.717, 1.165) is 11.0 Å². The number of rotatable bonds is 0. The number of nitrogens with zero attached hydrogens (tertiary/aromatic N) is 2. The monoisotopic (exact) mass is 470 g/mol. The minimum absolute atomic E-state index is 0.281. The van der Waals surface area contributed by atoms with Crippen LogP contribution < -0.4 is 11.1 Å². The molecule has 0 amide bonds. The van der Waals surface area contributed by atoms with Crippen LogP contribution in [-0.2, 0) is 0 Å². The van der Waals surface area contributed by atoms with Crippen LogP contribution in [0.4, 0.5) is 0 Å². The number of aromatic amines is 4. The first kappa shape index (κ1) is 20.2. The molecule has 0 aliphatic rings. The first-order valence-corrected chi connectivity index (χ1v) is 11.4. The summed E-state index contributed by atoms with van der Waals surface area (Å²) in [6.07, 6.45) is 0. The fourth-order valence-electron chi connectivity index (χ4n) is 4.66. The van der Waals surface area contributed by atoms with Crippen molar-refractivity contribution in [1.82, 2.24) is 29.9 Å². The molecular formula is C28H18N6O2. The number of para-hydroxylation sites is 4. The predicted molar refractivity (Wildman–Crippen MR) is 143 cm³/mol. The first-order chi connectivity index (χ1) is 17.7. The van der Waals surface area contributed by atoms with Gasteiger partial charge in [0.15, 0.2) is 0 Å². The molecule has 4 aromatic carbocycles. The average Bonchev–Trinajstić information content (AvgIpc) is 3.53. The molecule has 3 heterocycles. The van der Waals surface area contributed by atoms with Gasteiger partial charge in [0.25, 0.3) is 11.1 Å². The van der Waals surface area contributed by atoms with E-state index in [1.165, 1.54) is 0 Å². The van der Waals surface area contributed by atoms with Gasteiger partial charge in [-0.05, 0) is 48.5 Å². The van der Waals surface area contributed by atoms with E-state index < -0.39 is 0 Å². The lowest BCUT2D eigenvalue weighted by atomic mass is 10.2. The molecule has 0 aliphatic carbocycles. The van der Waals surface area contributed by atoms with Gasteiger partial charge in [-0.2, -0.15) is 0 Å². The lowest BCUT2D eigenvalue weighted by Crippen LogP contribution is -2.03. The third-order valence-corrected chi connectivity index (χ3v) is 6.38. The maximum atomic E-state index is 13.5. The Morgan fingerprint density at radius 3 is 1.28 bits per heavy atom. The molecular weight excluding hydrogens is 452 g/mol. The van der Waals surface area contributed by atoms with Gasteiger partial charge in [-0.3, -0.25) is 9.59 Å². The number of aromatic nitrogens is 6. The van der Waals surface area contributed by atoms with E-state index in [1.54, 1.807) is 12.1 Å².